The zero-order chi connectivity index (χ0) is 11.4. The maximum atomic E-state index is 11.3. The summed E-state index contributed by atoms with van der Waals surface area (Å²) in [6.07, 6.45) is 5.72. The molecule has 1 unspecified atom stereocenters. The largest absolute Gasteiger partial charge is 0.481 e. The van der Waals surface area contributed by atoms with Crippen LogP contribution in [0.25, 0.3) is 0 Å². The molecule has 1 aromatic rings. The van der Waals surface area contributed by atoms with Gasteiger partial charge in [0.05, 0.1) is 5.41 Å². The normalized spacial score (nSPS) is 24.5. The molecule has 1 saturated heterocycles. The molecule has 2 heterocycles. The third kappa shape index (κ3) is 2.22. The lowest BCUT2D eigenvalue weighted by Gasteiger charge is -2.22. The number of hydrogen-bond acceptors (Lipinski definition) is 3. The van der Waals surface area contributed by atoms with Crippen LogP contribution in [0.2, 0.25) is 0 Å². The Hall–Kier alpha value is -1.42. The van der Waals surface area contributed by atoms with Crippen LogP contribution in [0.15, 0.2) is 24.5 Å². The molecule has 2 N–H and O–H groups in total. The van der Waals surface area contributed by atoms with Crippen LogP contribution in [-0.2, 0) is 11.2 Å². The number of hydrogen-bond donors (Lipinski definition) is 2. The lowest BCUT2D eigenvalue weighted by Crippen LogP contribution is -2.33. The molecule has 1 aromatic heterocycles. The number of aliphatic carboxylic acids is 1. The number of carboxylic acid groups (broad SMARTS) is 1. The molecule has 0 radical (unpaired) electrons. The van der Waals surface area contributed by atoms with Crippen LogP contribution in [0, 0.1) is 5.41 Å². The van der Waals surface area contributed by atoms with E-state index in [1.807, 2.05) is 12.1 Å². The minimum atomic E-state index is -0.674. The second-order valence-electron chi connectivity index (χ2n) is 4.37. The second-order valence-corrected chi connectivity index (χ2v) is 4.37. The third-order valence-corrected chi connectivity index (χ3v) is 3.34. The summed E-state index contributed by atoms with van der Waals surface area (Å²) in [5, 5.41) is 12.4. The van der Waals surface area contributed by atoms with E-state index in [2.05, 4.69) is 10.3 Å². The Labute approximate surface area is 94.7 Å². The number of carboxylic acids is 1. The van der Waals surface area contributed by atoms with Crippen LogP contribution in [0.5, 0.6) is 0 Å². The van der Waals surface area contributed by atoms with E-state index < -0.39 is 11.4 Å². The molecule has 0 spiro atoms. The first-order chi connectivity index (χ1) is 7.73. The van der Waals surface area contributed by atoms with Crippen molar-refractivity contribution in [1.29, 1.82) is 0 Å². The van der Waals surface area contributed by atoms with Gasteiger partial charge < -0.3 is 10.4 Å². The Morgan fingerprint density at radius 2 is 2.25 bits per heavy atom. The van der Waals surface area contributed by atoms with Gasteiger partial charge in [-0.15, -0.1) is 0 Å². The van der Waals surface area contributed by atoms with Crippen molar-refractivity contribution in [3.8, 4) is 0 Å². The van der Waals surface area contributed by atoms with Crippen LogP contribution < -0.4 is 5.32 Å². The molecule has 1 fully saturated rings. The predicted molar refractivity (Wildman–Crippen MR) is 60.1 cm³/mol. The fourth-order valence-electron chi connectivity index (χ4n) is 2.18. The number of aryl methyl sites for hydroxylation is 1. The molecule has 4 nitrogen and oxygen atoms in total. The Morgan fingerprint density at radius 3 is 2.81 bits per heavy atom. The van der Waals surface area contributed by atoms with Gasteiger partial charge in [0.1, 0.15) is 0 Å². The van der Waals surface area contributed by atoms with E-state index in [0.717, 1.165) is 24.9 Å². The van der Waals surface area contributed by atoms with Gasteiger partial charge in [0.2, 0.25) is 0 Å². The van der Waals surface area contributed by atoms with Crippen molar-refractivity contribution in [2.45, 2.75) is 19.3 Å². The van der Waals surface area contributed by atoms with Crippen LogP contribution in [0.1, 0.15) is 18.4 Å². The van der Waals surface area contributed by atoms with E-state index in [0.29, 0.717) is 13.0 Å². The van der Waals surface area contributed by atoms with E-state index in [-0.39, 0.29) is 0 Å². The van der Waals surface area contributed by atoms with Gasteiger partial charge in [-0.3, -0.25) is 9.78 Å². The van der Waals surface area contributed by atoms with Crippen LogP contribution in [0.3, 0.4) is 0 Å². The predicted octanol–water partition coefficient (Wildman–Crippen LogP) is 1.08. The standard InChI is InChI=1S/C12H16N2O2/c15-11(16)12(5-8-14-9-12)4-1-10-2-6-13-7-3-10/h2-3,6-7,14H,1,4-5,8-9H2,(H,15,16). The van der Waals surface area contributed by atoms with Gasteiger partial charge in [-0.05, 0) is 43.5 Å². The van der Waals surface area contributed by atoms with Gasteiger partial charge in [0.15, 0.2) is 0 Å². The van der Waals surface area contributed by atoms with Crippen molar-refractivity contribution in [3.63, 3.8) is 0 Å². The van der Waals surface area contributed by atoms with E-state index in [1.165, 1.54) is 0 Å². The number of rotatable bonds is 4. The highest BCUT2D eigenvalue weighted by Gasteiger charge is 2.40. The summed E-state index contributed by atoms with van der Waals surface area (Å²) in [6, 6.07) is 3.88. The molecule has 1 aliphatic heterocycles. The summed E-state index contributed by atoms with van der Waals surface area (Å²) in [6.45, 7) is 1.40. The summed E-state index contributed by atoms with van der Waals surface area (Å²) in [5.74, 6) is -0.674. The first kappa shape index (κ1) is 11.1. The SMILES string of the molecule is O=C(O)C1(CCc2ccncc2)CCNC1. The van der Waals surface area contributed by atoms with E-state index in [1.54, 1.807) is 12.4 Å². The highest BCUT2D eigenvalue weighted by Crippen LogP contribution is 2.31. The molecule has 0 amide bonds. The average Bonchev–Trinajstić information content (AvgIpc) is 2.78. The first-order valence-electron chi connectivity index (χ1n) is 5.56. The molecule has 0 bridgehead atoms. The Kier molecular flexibility index (Phi) is 3.19. The zero-order valence-corrected chi connectivity index (χ0v) is 9.15. The number of pyridine rings is 1. The lowest BCUT2D eigenvalue weighted by atomic mass is 9.81. The van der Waals surface area contributed by atoms with Crippen molar-refractivity contribution in [3.05, 3.63) is 30.1 Å². The fraction of sp³-hybridized carbons (Fsp3) is 0.500. The highest BCUT2D eigenvalue weighted by atomic mass is 16.4. The van der Waals surface area contributed by atoms with Crippen molar-refractivity contribution in [1.82, 2.24) is 10.3 Å². The third-order valence-electron chi connectivity index (χ3n) is 3.34. The summed E-state index contributed by atoms with van der Waals surface area (Å²) in [7, 11) is 0. The first-order valence-corrected chi connectivity index (χ1v) is 5.56. The number of aromatic nitrogens is 1. The Bertz CT molecular complexity index is 359. The molecule has 4 heteroatoms. The summed E-state index contributed by atoms with van der Waals surface area (Å²) in [4.78, 5) is 15.2. The Morgan fingerprint density at radius 1 is 1.50 bits per heavy atom. The number of nitrogens with zero attached hydrogens (tertiary/aromatic N) is 1. The number of carbonyl (C=O) groups is 1. The minimum absolute atomic E-state index is 0.566. The fourth-order valence-corrected chi connectivity index (χ4v) is 2.18. The topological polar surface area (TPSA) is 62.2 Å². The molecule has 0 aliphatic carbocycles. The highest BCUT2D eigenvalue weighted by molar-refractivity contribution is 5.75. The average molecular weight is 220 g/mol. The van der Waals surface area contributed by atoms with E-state index in [4.69, 9.17) is 0 Å². The molecule has 86 valence electrons. The molecule has 16 heavy (non-hydrogen) atoms. The maximum absolute atomic E-state index is 11.3. The molecular formula is C12H16N2O2. The van der Waals surface area contributed by atoms with Crippen LogP contribution in [-0.4, -0.2) is 29.1 Å². The van der Waals surface area contributed by atoms with Gasteiger partial charge >= 0.3 is 5.97 Å². The monoisotopic (exact) mass is 220 g/mol. The van der Waals surface area contributed by atoms with Crippen LogP contribution in [0.4, 0.5) is 0 Å². The van der Waals surface area contributed by atoms with Crippen LogP contribution >= 0.6 is 0 Å². The quantitative estimate of drug-likeness (QED) is 0.797. The molecule has 2 rings (SSSR count). The molecule has 0 saturated carbocycles. The van der Waals surface area contributed by atoms with Crippen molar-refractivity contribution < 1.29 is 9.90 Å². The summed E-state index contributed by atoms with van der Waals surface area (Å²) < 4.78 is 0. The molecule has 1 atom stereocenters. The van der Waals surface area contributed by atoms with Crippen molar-refractivity contribution in [2.24, 2.45) is 5.41 Å². The summed E-state index contributed by atoms with van der Waals surface area (Å²) in [5.41, 5.74) is 0.589. The second kappa shape index (κ2) is 4.61. The number of nitrogens with one attached hydrogen (secondary N) is 1. The Balaban J connectivity index is 2.00. The smallest absolute Gasteiger partial charge is 0.310 e. The zero-order valence-electron chi connectivity index (χ0n) is 9.15. The van der Waals surface area contributed by atoms with Gasteiger partial charge in [-0.1, -0.05) is 0 Å². The summed E-state index contributed by atoms with van der Waals surface area (Å²) >= 11 is 0. The van der Waals surface area contributed by atoms with Gasteiger partial charge in [-0.2, -0.15) is 0 Å². The minimum Gasteiger partial charge on any atom is -0.481 e. The molecular weight excluding hydrogens is 204 g/mol. The van der Waals surface area contributed by atoms with Crippen molar-refractivity contribution >= 4 is 5.97 Å². The van der Waals surface area contributed by atoms with Gasteiger partial charge in [-0.25, -0.2) is 0 Å². The van der Waals surface area contributed by atoms with Crippen molar-refractivity contribution in [2.75, 3.05) is 13.1 Å². The molecule has 1 aliphatic rings. The molecule has 0 aromatic carbocycles. The lowest BCUT2D eigenvalue weighted by molar-refractivity contribution is -0.148. The van der Waals surface area contributed by atoms with E-state index >= 15 is 0 Å². The van der Waals surface area contributed by atoms with E-state index in [9.17, 15) is 9.90 Å². The van der Waals surface area contributed by atoms with Gasteiger partial charge in [0.25, 0.3) is 0 Å². The maximum Gasteiger partial charge on any atom is 0.310 e. The van der Waals surface area contributed by atoms with Gasteiger partial charge in [0, 0.05) is 18.9 Å².